The Morgan fingerprint density at radius 2 is 1.81 bits per heavy atom. The molecule has 4 aliphatic rings. The molecule has 0 unspecified atom stereocenters. The Kier molecular flexibility index (Phi) is 8.85. The van der Waals surface area contributed by atoms with E-state index in [1.807, 2.05) is 29.2 Å². The molecule has 0 aliphatic carbocycles. The number of hydrogen-bond donors (Lipinski definition) is 4. The van der Waals surface area contributed by atoms with Crippen molar-refractivity contribution in [1.29, 1.82) is 0 Å². The van der Waals surface area contributed by atoms with E-state index in [9.17, 15) is 29.0 Å². The lowest BCUT2D eigenvalue weighted by Crippen LogP contribution is -2.53. The lowest BCUT2D eigenvalue weighted by atomic mass is 10.0. The van der Waals surface area contributed by atoms with Crippen molar-refractivity contribution in [2.45, 2.75) is 74.4 Å². The Labute approximate surface area is 275 Å². The highest BCUT2D eigenvalue weighted by atomic mass is 19.1. The van der Waals surface area contributed by atoms with Crippen LogP contribution in [0.1, 0.15) is 30.9 Å². The van der Waals surface area contributed by atoms with Gasteiger partial charge in [0.1, 0.15) is 41.6 Å². The van der Waals surface area contributed by atoms with E-state index in [0.29, 0.717) is 36.5 Å². The predicted molar refractivity (Wildman–Crippen MR) is 167 cm³/mol. The van der Waals surface area contributed by atoms with Crippen LogP contribution in [0.3, 0.4) is 0 Å². The van der Waals surface area contributed by atoms with E-state index in [-0.39, 0.29) is 49.6 Å². The van der Waals surface area contributed by atoms with Crippen molar-refractivity contribution < 1.29 is 38.5 Å². The highest BCUT2D eigenvalue weighted by Crippen LogP contribution is 2.33. The number of aromatic nitrogens is 3. The Morgan fingerprint density at radius 1 is 1.02 bits per heavy atom. The van der Waals surface area contributed by atoms with Gasteiger partial charge in [-0.25, -0.2) is 9.07 Å². The molecule has 14 nitrogen and oxygen atoms in total. The number of halogens is 1. The summed E-state index contributed by atoms with van der Waals surface area (Å²) < 4.78 is 26.4. The maximum atomic E-state index is 14.5. The van der Waals surface area contributed by atoms with Crippen molar-refractivity contribution in [3.63, 3.8) is 0 Å². The summed E-state index contributed by atoms with van der Waals surface area (Å²) in [4.78, 5) is 45.0. The summed E-state index contributed by atoms with van der Waals surface area (Å²) in [6.07, 6.45) is -2.41. The highest BCUT2D eigenvalue weighted by molar-refractivity contribution is 5.91. The van der Waals surface area contributed by atoms with Crippen molar-refractivity contribution in [3.8, 4) is 17.0 Å². The quantitative estimate of drug-likeness (QED) is 0.292. The van der Waals surface area contributed by atoms with Gasteiger partial charge in [-0.15, -0.1) is 5.10 Å². The van der Waals surface area contributed by atoms with Gasteiger partial charge in [-0.1, -0.05) is 17.3 Å². The van der Waals surface area contributed by atoms with E-state index in [4.69, 9.17) is 9.47 Å². The number of aliphatic hydroxyl groups excluding tert-OH is 2. The van der Waals surface area contributed by atoms with Crippen molar-refractivity contribution >= 4 is 17.7 Å². The number of methoxy groups -OCH3 is 1. The number of aliphatic hydroxyl groups is 2. The van der Waals surface area contributed by atoms with Gasteiger partial charge in [0.15, 0.2) is 0 Å². The molecule has 5 heterocycles. The number of carbonyl (C=O) groups is 3. The van der Waals surface area contributed by atoms with Crippen LogP contribution in [0.2, 0.25) is 0 Å². The van der Waals surface area contributed by atoms with Crippen LogP contribution in [-0.4, -0.2) is 122 Å². The monoisotopic (exact) mass is 663 g/mol. The number of amides is 3. The number of fused-ring (bicyclic) bond motifs is 5. The van der Waals surface area contributed by atoms with Gasteiger partial charge in [-0.05, 0) is 48.4 Å². The van der Waals surface area contributed by atoms with E-state index in [1.165, 1.54) is 12.1 Å². The van der Waals surface area contributed by atoms with Gasteiger partial charge >= 0.3 is 0 Å². The SMILES string of the molecule is COc1cccc(CN2C[C@H]3C[C@H]2C(=O)N2C[C@@H](n4cc(-c5ccc(F)cc5)nn4)C[C@H]2C(=O)NC[C@H]2O[C@@H](CC(=O)N3)[C@H](O)[C@@H]2O)c1. The Morgan fingerprint density at radius 3 is 2.60 bits per heavy atom. The summed E-state index contributed by atoms with van der Waals surface area (Å²) in [6.45, 7) is 0.824. The zero-order chi connectivity index (χ0) is 33.5. The van der Waals surface area contributed by atoms with Gasteiger partial charge < -0.3 is 35.2 Å². The van der Waals surface area contributed by atoms with Crippen LogP contribution in [0, 0.1) is 5.82 Å². The van der Waals surface area contributed by atoms with E-state index < -0.39 is 48.4 Å². The van der Waals surface area contributed by atoms with E-state index >= 15 is 0 Å². The van der Waals surface area contributed by atoms with E-state index in [2.05, 4.69) is 20.9 Å². The first-order valence-corrected chi connectivity index (χ1v) is 16.1. The summed E-state index contributed by atoms with van der Waals surface area (Å²) in [5.74, 6) is -0.745. The molecule has 15 heteroatoms. The van der Waals surface area contributed by atoms with Crippen LogP contribution in [0.15, 0.2) is 54.7 Å². The third-order valence-electron chi connectivity index (χ3n) is 9.79. The summed E-state index contributed by atoms with van der Waals surface area (Å²) in [5.41, 5.74) is 2.11. The van der Waals surface area contributed by atoms with Crippen LogP contribution in [0.5, 0.6) is 5.75 Å². The molecule has 3 amide bonds. The Balaban J connectivity index is 1.19. The van der Waals surface area contributed by atoms with Crippen LogP contribution in [-0.2, 0) is 25.7 Å². The molecule has 0 spiro atoms. The third kappa shape index (κ3) is 6.38. The molecular weight excluding hydrogens is 625 g/mol. The first-order chi connectivity index (χ1) is 23.2. The van der Waals surface area contributed by atoms with Crippen molar-refractivity contribution in [2.75, 3.05) is 26.7 Å². The fraction of sp³-hybridized carbons (Fsp3) is 0.485. The van der Waals surface area contributed by atoms with Crippen molar-refractivity contribution in [1.82, 2.24) is 35.4 Å². The molecule has 254 valence electrons. The molecule has 4 bridgehead atoms. The number of likely N-dealkylation sites (tertiary alicyclic amines) is 1. The molecule has 1 aromatic heterocycles. The summed E-state index contributed by atoms with van der Waals surface area (Å²) >= 11 is 0. The molecule has 4 fully saturated rings. The molecule has 4 saturated heterocycles. The fourth-order valence-corrected chi connectivity index (χ4v) is 7.29. The van der Waals surface area contributed by atoms with E-state index in [0.717, 1.165) is 5.56 Å². The molecule has 0 radical (unpaired) electrons. The molecule has 4 aliphatic heterocycles. The standard InChI is InChI=1S/C33H38FN7O7/c1-47-23-4-2-3-18(9-23)14-39-15-21-10-26(39)33(46)40-16-22(41-17-24(37-38-41)19-5-7-20(34)8-6-19)11-25(40)32(45)35-13-28-31(44)30(43)27(48-28)12-29(42)36-21/h2-9,17,21-22,25-28,30-31,43-44H,10-16H2,1H3,(H,35,45)(H,36,42)/t21-,22+,25+,26+,27+,28-,30+,31-/m1/s1. The Bertz CT molecular complexity index is 1670. The second kappa shape index (κ2) is 13.2. The van der Waals surface area contributed by atoms with Crippen LogP contribution in [0.4, 0.5) is 4.39 Å². The topological polar surface area (TPSA) is 171 Å². The number of ether oxygens (including phenoxy) is 2. The minimum atomic E-state index is -1.31. The number of benzene rings is 2. The molecule has 8 atom stereocenters. The summed E-state index contributed by atoms with van der Waals surface area (Å²) in [6, 6.07) is 11.1. The molecule has 48 heavy (non-hydrogen) atoms. The maximum Gasteiger partial charge on any atom is 0.242 e. The van der Waals surface area contributed by atoms with Crippen molar-refractivity contribution in [2.24, 2.45) is 0 Å². The second-order valence-corrected chi connectivity index (χ2v) is 12.9. The van der Waals surface area contributed by atoms with Crippen LogP contribution >= 0.6 is 0 Å². The minimum Gasteiger partial charge on any atom is -0.497 e. The minimum absolute atomic E-state index is 0.121. The first kappa shape index (κ1) is 32.1. The van der Waals surface area contributed by atoms with Crippen LogP contribution < -0.4 is 15.4 Å². The average molecular weight is 664 g/mol. The van der Waals surface area contributed by atoms with E-state index in [1.54, 1.807) is 35.0 Å². The zero-order valence-electron chi connectivity index (χ0n) is 26.3. The fourth-order valence-electron chi connectivity index (χ4n) is 7.29. The molecule has 3 aromatic rings. The third-order valence-corrected chi connectivity index (χ3v) is 9.79. The molecule has 4 N–H and O–H groups in total. The number of hydrogen-bond acceptors (Lipinski definition) is 10. The predicted octanol–water partition coefficient (Wildman–Crippen LogP) is 0.00320. The summed E-state index contributed by atoms with van der Waals surface area (Å²) in [7, 11) is 1.58. The van der Waals surface area contributed by atoms with Gasteiger partial charge in [0.2, 0.25) is 17.7 Å². The van der Waals surface area contributed by atoms with Gasteiger partial charge in [0.25, 0.3) is 0 Å². The normalized spacial score (nSPS) is 31.2. The number of nitrogens with one attached hydrogen (secondary N) is 2. The second-order valence-electron chi connectivity index (χ2n) is 12.9. The lowest BCUT2D eigenvalue weighted by molar-refractivity contribution is -0.142. The number of rotatable bonds is 5. The molecule has 7 rings (SSSR count). The van der Waals surface area contributed by atoms with Crippen LogP contribution in [0.25, 0.3) is 11.3 Å². The summed E-state index contributed by atoms with van der Waals surface area (Å²) in [5, 5.41) is 35.6. The lowest BCUT2D eigenvalue weighted by Gasteiger charge is -2.31. The smallest absolute Gasteiger partial charge is 0.242 e. The number of nitrogens with zero attached hydrogens (tertiary/aromatic N) is 5. The molecule has 2 aromatic carbocycles. The average Bonchev–Trinajstić information content (AvgIpc) is 3.87. The molecular formula is C33H38FN7O7. The van der Waals surface area contributed by atoms with Gasteiger partial charge in [0, 0.05) is 44.2 Å². The van der Waals surface area contributed by atoms with Crippen molar-refractivity contribution in [3.05, 3.63) is 66.1 Å². The van der Waals surface area contributed by atoms with Gasteiger partial charge in [0.05, 0.1) is 37.9 Å². The molecule has 0 saturated carbocycles. The maximum absolute atomic E-state index is 14.5. The largest absolute Gasteiger partial charge is 0.497 e. The zero-order valence-corrected chi connectivity index (χ0v) is 26.3. The van der Waals surface area contributed by atoms with Gasteiger partial charge in [-0.2, -0.15) is 0 Å². The van der Waals surface area contributed by atoms with Gasteiger partial charge in [-0.3, -0.25) is 19.3 Å². The number of carbonyl (C=O) groups excluding carboxylic acids is 3. The first-order valence-electron chi connectivity index (χ1n) is 16.1. The Hall–Kier alpha value is -4.44. The highest BCUT2D eigenvalue weighted by Gasteiger charge is 2.49.